The van der Waals surface area contributed by atoms with Crippen LogP contribution in [0.3, 0.4) is 0 Å². The van der Waals surface area contributed by atoms with Crippen molar-refractivity contribution in [2.75, 3.05) is 32.8 Å². The maximum absolute atomic E-state index is 6.04. The highest BCUT2D eigenvalue weighted by molar-refractivity contribution is 8.00. The summed E-state index contributed by atoms with van der Waals surface area (Å²) >= 11 is 2.11. The molecule has 0 spiro atoms. The summed E-state index contributed by atoms with van der Waals surface area (Å²) in [5.74, 6) is 0.747. The first-order valence-corrected chi connectivity index (χ1v) is 7.82. The predicted octanol–water partition coefficient (Wildman–Crippen LogP) is 1.57. The summed E-state index contributed by atoms with van der Waals surface area (Å²) < 4.78 is 5.46. The van der Waals surface area contributed by atoms with Gasteiger partial charge in [0.15, 0.2) is 0 Å². The van der Waals surface area contributed by atoms with E-state index in [1.807, 2.05) is 0 Å². The Kier molecular flexibility index (Phi) is 5.15. The molecular weight excluding hydrogens is 232 g/mol. The molecule has 3 unspecified atom stereocenters. The molecule has 17 heavy (non-hydrogen) atoms. The summed E-state index contributed by atoms with van der Waals surface area (Å²) in [6, 6.07) is 0.574. The first-order valence-electron chi connectivity index (χ1n) is 6.88. The summed E-state index contributed by atoms with van der Waals surface area (Å²) in [5.41, 5.74) is 6.04. The van der Waals surface area contributed by atoms with Gasteiger partial charge < -0.3 is 10.5 Å². The van der Waals surface area contributed by atoms with E-state index in [0.717, 1.165) is 36.2 Å². The van der Waals surface area contributed by atoms with Gasteiger partial charge in [-0.05, 0) is 18.8 Å². The van der Waals surface area contributed by atoms with E-state index in [1.165, 1.54) is 25.9 Å². The van der Waals surface area contributed by atoms with Crippen LogP contribution >= 0.6 is 11.8 Å². The first kappa shape index (κ1) is 13.7. The zero-order valence-electron chi connectivity index (χ0n) is 11.1. The van der Waals surface area contributed by atoms with Crippen molar-refractivity contribution in [3.05, 3.63) is 0 Å². The van der Waals surface area contributed by atoms with Crippen LogP contribution in [0.4, 0.5) is 0 Å². The molecule has 0 aliphatic carbocycles. The van der Waals surface area contributed by atoms with Crippen molar-refractivity contribution in [1.29, 1.82) is 0 Å². The van der Waals surface area contributed by atoms with Crippen molar-refractivity contribution in [1.82, 2.24) is 4.90 Å². The minimum absolute atomic E-state index is 0.574. The van der Waals surface area contributed by atoms with Crippen molar-refractivity contribution in [3.8, 4) is 0 Å². The van der Waals surface area contributed by atoms with Gasteiger partial charge in [0.05, 0.1) is 0 Å². The van der Waals surface area contributed by atoms with Crippen LogP contribution < -0.4 is 5.73 Å². The molecule has 3 nitrogen and oxygen atoms in total. The molecular formula is C13H26N2OS. The molecule has 0 aromatic heterocycles. The maximum atomic E-state index is 6.04. The average molecular weight is 258 g/mol. The van der Waals surface area contributed by atoms with Gasteiger partial charge in [-0.25, -0.2) is 0 Å². The van der Waals surface area contributed by atoms with Crippen molar-refractivity contribution in [2.45, 2.75) is 43.2 Å². The second kappa shape index (κ2) is 6.41. The Labute approximate surface area is 109 Å². The molecule has 2 saturated heterocycles. The van der Waals surface area contributed by atoms with Crippen molar-refractivity contribution >= 4 is 11.8 Å². The van der Waals surface area contributed by atoms with E-state index >= 15 is 0 Å². The zero-order chi connectivity index (χ0) is 12.3. The van der Waals surface area contributed by atoms with Crippen LogP contribution in [0.15, 0.2) is 0 Å². The van der Waals surface area contributed by atoms with Gasteiger partial charge in [0.1, 0.15) is 0 Å². The standard InChI is InChI=1S/C13H26N2OS/c1-10-8-15(9-11(2)17-10)13(7-14)12-3-5-16-6-4-12/h10-13H,3-9,14H2,1-2H3. The van der Waals surface area contributed by atoms with Crippen LogP contribution in [0.2, 0.25) is 0 Å². The van der Waals surface area contributed by atoms with Crippen LogP contribution in [-0.4, -0.2) is 54.3 Å². The lowest BCUT2D eigenvalue weighted by Gasteiger charge is -2.43. The van der Waals surface area contributed by atoms with E-state index < -0.39 is 0 Å². The molecule has 0 saturated carbocycles. The Balaban J connectivity index is 1.96. The summed E-state index contributed by atoms with van der Waals surface area (Å²) in [6.07, 6.45) is 2.38. The Morgan fingerprint density at radius 1 is 1.24 bits per heavy atom. The van der Waals surface area contributed by atoms with Crippen LogP contribution in [0, 0.1) is 5.92 Å². The highest BCUT2D eigenvalue weighted by Gasteiger charge is 2.32. The summed E-state index contributed by atoms with van der Waals surface area (Å²) in [6.45, 7) is 9.73. The van der Waals surface area contributed by atoms with Crippen LogP contribution in [0.5, 0.6) is 0 Å². The highest BCUT2D eigenvalue weighted by Crippen LogP contribution is 2.30. The topological polar surface area (TPSA) is 38.5 Å². The second-order valence-electron chi connectivity index (χ2n) is 5.46. The normalized spacial score (nSPS) is 34.8. The minimum atomic E-state index is 0.574. The lowest BCUT2D eigenvalue weighted by molar-refractivity contribution is 0.0272. The van der Waals surface area contributed by atoms with Gasteiger partial charge >= 0.3 is 0 Å². The van der Waals surface area contributed by atoms with Gasteiger partial charge in [0.25, 0.3) is 0 Å². The molecule has 2 heterocycles. The fourth-order valence-electron chi connectivity index (χ4n) is 3.23. The molecule has 2 rings (SSSR count). The Morgan fingerprint density at radius 2 is 1.82 bits per heavy atom. The number of ether oxygens (including phenoxy) is 1. The van der Waals surface area contributed by atoms with E-state index in [2.05, 4.69) is 30.5 Å². The Bertz CT molecular complexity index is 223. The molecule has 3 atom stereocenters. The third-order valence-corrected chi connectivity index (χ3v) is 5.20. The molecule has 2 fully saturated rings. The maximum Gasteiger partial charge on any atom is 0.0469 e. The van der Waals surface area contributed by atoms with Gasteiger partial charge in [-0.2, -0.15) is 11.8 Å². The molecule has 2 N–H and O–H groups in total. The number of nitrogens with zero attached hydrogens (tertiary/aromatic N) is 1. The predicted molar refractivity (Wildman–Crippen MR) is 74.5 cm³/mol. The SMILES string of the molecule is CC1CN(C(CN)C2CCOCC2)CC(C)S1. The zero-order valence-corrected chi connectivity index (χ0v) is 11.9. The third-order valence-electron chi connectivity index (χ3n) is 3.97. The average Bonchev–Trinajstić information content (AvgIpc) is 2.30. The summed E-state index contributed by atoms with van der Waals surface area (Å²) in [5, 5.41) is 1.49. The largest absolute Gasteiger partial charge is 0.381 e. The fourth-order valence-corrected chi connectivity index (χ4v) is 4.58. The lowest BCUT2D eigenvalue weighted by atomic mass is 9.90. The molecule has 2 aliphatic rings. The highest BCUT2D eigenvalue weighted by atomic mass is 32.2. The first-order chi connectivity index (χ1) is 8.20. The second-order valence-corrected chi connectivity index (χ2v) is 7.35. The molecule has 0 bridgehead atoms. The molecule has 4 heteroatoms. The molecule has 0 aromatic rings. The lowest BCUT2D eigenvalue weighted by Crippen LogP contribution is -2.53. The Morgan fingerprint density at radius 3 is 2.35 bits per heavy atom. The molecule has 0 radical (unpaired) electrons. The van der Waals surface area contributed by atoms with E-state index in [0.29, 0.717) is 6.04 Å². The van der Waals surface area contributed by atoms with Gasteiger partial charge in [-0.1, -0.05) is 13.8 Å². The quantitative estimate of drug-likeness (QED) is 0.834. The van der Waals surface area contributed by atoms with E-state index in [-0.39, 0.29) is 0 Å². The summed E-state index contributed by atoms with van der Waals surface area (Å²) in [4.78, 5) is 2.64. The number of thioether (sulfide) groups is 1. The molecule has 0 aromatic carbocycles. The van der Waals surface area contributed by atoms with Gasteiger partial charge in [0, 0.05) is 49.4 Å². The monoisotopic (exact) mass is 258 g/mol. The number of hydrogen-bond donors (Lipinski definition) is 1. The molecule has 100 valence electrons. The van der Waals surface area contributed by atoms with Gasteiger partial charge in [-0.3, -0.25) is 4.90 Å². The van der Waals surface area contributed by atoms with Gasteiger partial charge in [-0.15, -0.1) is 0 Å². The van der Waals surface area contributed by atoms with Crippen LogP contribution in [-0.2, 0) is 4.74 Å². The van der Waals surface area contributed by atoms with E-state index in [1.54, 1.807) is 0 Å². The smallest absolute Gasteiger partial charge is 0.0469 e. The van der Waals surface area contributed by atoms with Crippen molar-refractivity contribution < 1.29 is 4.74 Å². The van der Waals surface area contributed by atoms with Crippen molar-refractivity contribution in [2.24, 2.45) is 11.7 Å². The van der Waals surface area contributed by atoms with E-state index in [9.17, 15) is 0 Å². The molecule has 0 amide bonds. The number of nitrogens with two attached hydrogens (primary N) is 1. The minimum Gasteiger partial charge on any atom is -0.381 e. The Hall–Kier alpha value is 0.230. The van der Waals surface area contributed by atoms with Crippen LogP contribution in [0.25, 0.3) is 0 Å². The van der Waals surface area contributed by atoms with Gasteiger partial charge in [0.2, 0.25) is 0 Å². The van der Waals surface area contributed by atoms with Crippen LogP contribution in [0.1, 0.15) is 26.7 Å². The van der Waals surface area contributed by atoms with E-state index in [4.69, 9.17) is 10.5 Å². The number of rotatable bonds is 3. The third kappa shape index (κ3) is 3.60. The van der Waals surface area contributed by atoms with Crippen molar-refractivity contribution in [3.63, 3.8) is 0 Å². The fraction of sp³-hybridized carbons (Fsp3) is 1.00. The summed E-state index contributed by atoms with van der Waals surface area (Å²) in [7, 11) is 0. The number of hydrogen-bond acceptors (Lipinski definition) is 4. The molecule has 2 aliphatic heterocycles.